The molecule has 0 aliphatic heterocycles. The molecule has 4 N–H and O–H groups in total. The summed E-state index contributed by atoms with van der Waals surface area (Å²) in [5, 5.41) is 17.9. The maximum Gasteiger partial charge on any atom is 0.255 e. The average Bonchev–Trinajstić information content (AvgIpc) is 2.46. The van der Waals surface area contributed by atoms with Crippen molar-refractivity contribution < 1.29 is 9.90 Å². The summed E-state index contributed by atoms with van der Waals surface area (Å²) in [6.07, 6.45) is 0. The Morgan fingerprint density at radius 2 is 1.95 bits per heavy atom. The van der Waals surface area contributed by atoms with Crippen LogP contribution in [0.5, 0.6) is 5.75 Å². The fourth-order valence-electron chi connectivity index (χ4n) is 1.64. The molecule has 2 aromatic rings. The summed E-state index contributed by atoms with van der Waals surface area (Å²) in [5.74, 6) is -0.374. The number of phenols is 1. The van der Waals surface area contributed by atoms with Crippen molar-refractivity contribution in [1.82, 2.24) is 5.32 Å². The molecule has 0 fully saturated rings. The van der Waals surface area contributed by atoms with E-state index in [1.165, 1.54) is 6.07 Å². The van der Waals surface area contributed by atoms with Crippen molar-refractivity contribution in [2.24, 2.45) is 5.14 Å². The molecule has 0 atom stereocenters. The van der Waals surface area contributed by atoms with Crippen LogP contribution in [-0.4, -0.2) is 11.0 Å². The molecule has 0 aliphatic carbocycles. The molecule has 2 rings (SSSR count). The second kappa shape index (κ2) is 6.26. The number of hydrogen-bond donors (Lipinski definition) is 3. The van der Waals surface area contributed by atoms with Crippen LogP contribution >= 0.6 is 11.9 Å². The molecular formula is C14H14N2O2S. The standard InChI is InChI=1S/C14H14N2O2S/c15-19-11-6-7-13(17)12(8-11)14(18)16-9-10-4-2-1-3-5-10/h1-8,17H,9,15H2,(H,16,18). The van der Waals surface area contributed by atoms with Gasteiger partial charge in [-0.15, -0.1) is 0 Å². The molecule has 0 radical (unpaired) electrons. The van der Waals surface area contributed by atoms with E-state index in [9.17, 15) is 9.90 Å². The van der Waals surface area contributed by atoms with E-state index in [-0.39, 0.29) is 17.2 Å². The van der Waals surface area contributed by atoms with E-state index in [4.69, 9.17) is 5.14 Å². The monoisotopic (exact) mass is 274 g/mol. The van der Waals surface area contributed by atoms with Gasteiger partial charge in [0.2, 0.25) is 0 Å². The van der Waals surface area contributed by atoms with E-state index < -0.39 is 0 Å². The van der Waals surface area contributed by atoms with E-state index in [1.807, 2.05) is 30.3 Å². The fourth-order valence-corrected chi connectivity index (χ4v) is 1.98. The van der Waals surface area contributed by atoms with Crippen molar-refractivity contribution >= 4 is 17.9 Å². The van der Waals surface area contributed by atoms with Crippen molar-refractivity contribution in [3.63, 3.8) is 0 Å². The van der Waals surface area contributed by atoms with Crippen LogP contribution < -0.4 is 10.5 Å². The summed E-state index contributed by atoms with van der Waals surface area (Å²) in [6.45, 7) is 0.416. The van der Waals surface area contributed by atoms with E-state index in [0.29, 0.717) is 6.54 Å². The lowest BCUT2D eigenvalue weighted by molar-refractivity contribution is 0.0948. The summed E-state index contributed by atoms with van der Waals surface area (Å²) in [7, 11) is 0. The minimum absolute atomic E-state index is 0.0524. The molecule has 0 saturated carbocycles. The summed E-state index contributed by atoms with van der Waals surface area (Å²) in [4.78, 5) is 12.7. The van der Waals surface area contributed by atoms with Gasteiger partial charge in [0.15, 0.2) is 0 Å². The lowest BCUT2D eigenvalue weighted by atomic mass is 10.1. The lowest BCUT2D eigenvalue weighted by Gasteiger charge is -2.08. The Morgan fingerprint density at radius 3 is 2.63 bits per heavy atom. The first-order chi connectivity index (χ1) is 9.20. The molecule has 4 nitrogen and oxygen atoms in total. The van der Waals surface area contributed by atoms with Gasteiger partial charge in [-0.1, -0.05) is 30.3 Å². The number of hydrogen-bond acceptors (Lipinski definition) is 4. The predicted octanol–water partition coefficient (Wildman–Crippen LogP) is 2.29. The van der Waals surface area contributed by atoms with Crippen molar-refractivity contribution in [2.75, 3.05) is 0 Å². The van der Waals surface area contributed by atoms with Crippen LogP contribution in [0.2, 0.25) is 0 Å². The Balaban J connectivity index is 2.08. The number of benzene rings is 2. The molecule has 0 aliphatic rings. The van der Waals surface area contributed by atoms with E-state index >= 15 is 0 Å². The van der Waals surface area contributed by atoms with Gasteiger partial charge in [-0.05, 0) is 35.7 Å². The molecule has 0 saturated heterocycles. The van der Waals surface area contributed by atoms with Crippen LogP contribution in [0, 0.1) is 0 Å². The maximum atomic E-state index is 12.0. The van der Waals surface area contributed by atoms with Gasteiger partial charge in [0.1, 0.15) is 5.75 Å². The Hall–Kier alpha value is -1.98. The zero-order chi connectivity index (χ0) is 13.7. The number of nitrogens with one attached hydrogen (secondary N) is 1. The highest BCUT2D eigenvalue weighted by Crippen LogP contribution is 2.22. The molecule has 5 heteroatoms. The highest BCUT2D eigenvalue weighted by molar-refractivity contribution is 7.97. The van der Waals surface area contributed by atoms with Gasteiger partial charge in [-0.2, -0.15) is 0 Å². The fraction of sp³-hybridized carbons (Fsp3) is 0.0714. The molecule has 0 spiro atoms. The van der Waals surface area contributed by atoms with E-state index in [0.717, 1.165) is 22.4 Å². The number of amides is 1. The largest absolute Gasteiger partial charge is 0.507 e. The van der Waals surface area contributed by atoms with Crippen LogP contribution in [0.1, 0.15) is 15.9 Å². The van der Waals surface area contributed by atoms with Gasteiger partial charge >= 0.3 is 0 Å². The van der Waals surface area contributed by atoms with Crippen molar-refractivity contribution in [3.05, 3.63) is 59.7 Å². The topological polar surface area (TPSA) is 75.3 Å². The normalized spacial score (nSPS) is 10.2. The summed E-state index contributed by atoms with van der Waals surface area (Å²) in [6, 6.07) is 14.3. The van der Waals surface area contributed by atoms with Crippen LogP contribution in [0.4, 0.5) is 0 Å². The Kier molecular flexibility index (Phi) is 4.43. The van der Waals surface area contributed by atoms with Gasteiger partial charge < -0.3 is 10.4 Å². The van der Waals surface area contributed by atoms with Gasteiger partial charge in [0, 0.05) is 11.4 Å². The SMILES string of the molecule is NSc1ccc(O)c(C(=O)NCc2ccccc2)c1. The number of aromatic hydroxyl groups is 1. The molecule has 2 aromatic carbocycles. The van der Waals surface area contributed by atoms with Gasteiger partial charge in [0.05, 0.1) is 5.56 Å². The van der Waals surface area contributed by atoms with E-state index in [2.05, 4.69) is 5.32 Å². The third kappa shape index (κ3) is 3.49. The van der Waals surface area contributed by atoms with Gasteiger partial charge in [-0.25, -0.2) is 0 Å². The molecule has 98 valence electrons. The zero-order valence-corrected chi connectivity index (χ0v) is 11.0. The first kappa shape index (κ1) is 13.5. The first-order valence-electron chi connectivity index (χ1n) is 5.72. The molecule has 0 heterocycles. The smallest absolute Gasteiger partial charge is 0.255 e. The third-order valence-corrected chi connectivity index (χ3v) is 3.17. The first-order valence-corrected chi connectivity index (χ1v) is 6.60. The Bertz CT molecular complexity index is 573. The second-order valence-electron chi connectivity index (χ2n) is 3.97. The summed E-state index contributed by atoms with van der Waals surface area (Å²) < 4.78 is 0. The summed E-state index contributed by atoms with van der Waals surface area (Å²) >= 11 is 1.03. The molecule has 0 aromatic heterocycles. The van der Waals surface area contributed by atoms with Crippen LogP contribution in [0.15, 0.2) is 53.4 Å². The minimum atomic E-state index is -0.322. The lowest BCUT2D eigenvalue weighted by Crippen LogP contribution is -2.22. The van der Waals surface area contributed by atoms with Crippen LogP contribution in [0.25, 0.3) is 0 Å². The van der Waals surface area contributed by atoms with Gasteiger partial charge in [-0.3, -0.25) is 9.93 Å². The average molecular weight is 274 g/mol. The predicted molar refractivity (Wildman–Crippen MR) is 75.8 cm³/mol. The number of nitrogens with two attached hydrogens (primary N) is 1. The third-order valence-electron chi connectivity index (χ3n) is 2.64. The number of rotatable bonds is 4. The molecule has 0 unspecified atom stereocenters. The van der Waals surface area contributed by atoms with Gasteiger partial charge in [0.25, 0.3) is 5.91 Å². The molecular weight excluding hydrogens is 260 g/mol. The number of carbonyl (C=O) groups excluding carboxylic acids is 1. The van der Waals surface area contributed by atoms with Crippen LogP contribution in [0.3, 0.4) is 0 Å². The molecule has 1 amide bonds. The second-order valence-corrected chi connectivity index (χ2v) is 4.67. The zero-order valence-electron chi connectivity index (χ0n) is 10.2. The van der Waals surface area contributed by atoms with E-state index in [1.54, 1.807) is 12.1 Å². The minimum Gasteiger partial charge on any atom is -0.507 e. The Labute approximate surface area is 115 Å². The Morgan fingerprint density at radius 1 is 1.21 bits per heavy atom. The maximum absolute atomic E-state index is 12.0. The molecule has 0 bridgehead atoms. The quantitative estimate of drug-likeness (QED) is 0.748. The molecule has 19 heavy (non-hydrogen) atoms. The number of phenolic OH excluding ortho intramolecular Hbond substituents is 1. The van der Waals surface area contributed by atoms with Crippen molar-refractivity contribution in [1.29, 1.82) is 0 Å². The summed E-state index contributed by atoms with van der Waals surface area (Å²) in [5.41, 5.74) is 1.23. The van der Waals surface area contributed by atoms with Crippen molar-refractivity contribution in [2.45, 2.75) is 11.4 Å². The highest BCUT2D eigenvalue weighted by Gasteiger charge is 2.11. The van der Waals surface area contributed by atoms with Crippen molar-refractivity contribution in [3.8, 4) is 5.75 Å². The highest BCUT2D eigenvalue weighted by atomic mass is 32.2. The number of carbonyl (C=O) groups is 1. The van der Waals surface area contributed by atoms with Crippen LogP contribution in [-0.2, 0) is 6.54 Å².